The van der Waals surface area contributed by atoms with Crippen LogP contribution in [-0.4, -0.2) is 36.5 Å². The quantitative estimate of drug-likeness (QED) is 0.141. The van der Waals surface area contributed by atoms with Crippen molar-refractivity contribution in [1.29, 1.82) is 0 Å². The van der Waals surface area contributed by atoms with Crippen molar-refractivity contribution in [2.24, 2.45) is 5.11 Å². The molecule has 35 heavy (non-hydrogen) atoms. The minimum atomic E-state index is -0.881. The molecule has 0 bridgehead atoms. The van der Waals surface area contributed by atoms with Crippen LogP contribution in [0.1, 0.15) is 16.7 Å². The van der Waals surface area contributed by atoms with Crippen molar-refractivity contribution < 1.29 is 18.9 Å². The normalized spacial score (nSPS) is 24.0. The predicted octanol–water partition coefficient (Wildman–Crippen LogP) is 6.02. The third kappa shape index (κ3) is 7.29. The molecule has 1 fully saturated rings. The monoisotopic (exact) mass is 493 g/mol. The molecule has 182 valence electrons. The van der Waals surface area contributed by atoms with Gasteiger partial charge in [-0.2, -0.15) is 0 Å². The second-order valence-corrected chi connectivity index (χ2v) is 8.67. The molecule has 0 spiro atoms. The maximum Gasteiger partial charge on any atom is 0.142 e. The van der Waals surface area contributed by atoms with Crippen LogP contribution in [0.15, 0.2) is 96.1 Å². The number of ether oxygens (including phenoxy) is 4. The highest BCUT2D eigenvalue weighted by Crippen LogP contribution is 2.32. The Balaban J connectivity index is 1.52. The van der Waals surface area contributed by atoms with Gasteiger partial charge < -0.3 is 18.9 Å². The van der Waals surface area contributed by atoms with E-state index in [0.717, 1.165) is 16.7 Å². The van der Waals surface area contributed by atoms with Crippen molar-refractivity contribution in [3.63, 3.8) is 0 Å². The van der Waals surface area contributed by atoms with Crippen LogP contribution < -0.4 is 0 Å². The number of nitrogens with zero attached hydrogens (tertiary/aromatic N) is 3. The number of halogens is 1. The molecule has 0 N–H and O–H groups in total. The van der Waals surface area contributed by atoms with Crippen LogP contribution in [0.3, 0.4) is 0 Å². The summed E-state index contributed by atoms with van der Waals surface area (Å²) in [5, 5.41) is 3.90. The zero-order valence-corrected chi connectivity index (χ0v) is 20.0. The van der Waals surface area contributed by atoms with Gasteiger partial charge in [-0.1, -0.05) is 108 Å². The summed E-state index contributed by atoms with van der Waals surface area (Å²) in [6, 6.07) is 28.7. The van der Waals surface area contributed by atoms with E-state index < -0.39 is 29.9 Å². The fourth-order valence-corrected chi connectivity index (χ4v) is 4.31. The van der Waals surface area contributed by atoms with Crippen LogP contribution in [0, 0.1) is 0 Å². The van der Waals surface area contributed by atoms with E-state index in [1.165, 1.54) is 0 Å². The van der Waals surface area contributed by atoms with E-state index in [2.05, 4.69) is 10.0 Å². The Morgan fingerprint density at radius 2 is 1.23 bits per heavy atom. The summed E-state index contributed by atoms with van der Waals surface area (Å²) in [6.45, 7) is 1.32. The third-order valence-electron chi connectivity index (χ3n) is 5.75. The Labute approximate surface area is 210 Å². The maximum atomic E-state index is 9.19. The summed E-state index contributed by atoms with van der Waals surface area (Å²) < 4.78 is 24.6. The molecule has 3 aromatic carbocycles. The van der Waals surface area contributed by atoms with Crippen LogP contribution >= 0.6 is 11.6 Å². The third-order valence-corrected chi connectivity index (χ3v) is 6.11. The lowest BCUT2D eigenvalue weighted by molar-refractivity contribution is -0.212. The van der Waals surface area contributed by atoms with Gasteiger partial charge in [0.25, 0.3) is 0 Å². The lowest BCUT2D eigenvalue weighted by Gasteiger charge is -2.43. The molecule has 4 rings (SSSR count). The van der Waals surface area contributed by atoms with E-state index in [1.54, 1.807) is 0 Å². The maximum absolute atomic E-state index is 9.19. The minimum absolute atomic E-state index is 0.242. The zero-order chi connectivity index (χ0) is 24.3. The van der Waals surface area contributed by atoms with Crippen molar-refractivity contribution in [3.8, 4) is 0 Å². The highest BCUT2D eigenvalue weighted by molar-refractivity contribution is 6.20. The van der Waals surface area contributed by atoms with E-state index in [-0.39, 0.29) is 6.61 Å². The van der Waals surface area contributed by atoms with Gasteiger partial charge in [-0.25, -0.2) is 0 Å². The molecule has 1 aliphatic rings. The number of hydrogen-bond acceptors (Lipinski definition) is 5. The topological polar surface area (TPSA) is 85.7 Å². The lowest BCUT2D eigenvalue weighted by Crippen LogP contribution is -2.58. The van der Waals surface area contributed by atoms with E-state index in [4.69, 9.17) is 30.5 Å². The van der Waals surface area contributed by atoms with Gasteiger partial charge >= 0.3 is 0 Å². The van der Waals surface area contributed by atoms with Crippen LogP contribution in [0.25, 0.3) is 10.4 Å². The first kappa shape index (κ1) is 25.2. The summed E-state index contributed by atoms with van der Waals surface area (Å²) in [5.74, 6) is 0. The summed E-state index contributed by atoms with van der Waals surface area (Å²) >= 11 is 6.53. The van der Waals surface area contributed by atoms with Crippen molar-refractivity contribution >= 4 is 11.6 Å². The van der Waals surface area contributed by atoms with Gasteiger partial charge in [0.2, 0.25) is 0 Å². The molecule has 0 saturated carbocycles. The molecular weight excluding hydrogens is 466 g/mol. The van der Waals surface area contributed by atoms with Crippen molar-refractivity contribution in [1.82, 2.24) is 0 Å². The van der Waals surface area contributed by atoms with Gasteiger partial charge in [-0.3, -0.25) is 0 Å². The Morgan fingerprint density at radius 3 is 1.74 bits per heavy atom. The average Bonchev–Trinajstić information content (AvgIpc) is 2.90. The molecule has 1 saturated heterocycles. The fraction of sp³-hybridized carbons (Fsp3) is 0.333. The molecule has 7 nitrogen and oxygen atoms in total. The number of azide groups is 1. The number of alkyl halides is 1. The van der Waals surface area contributed by atoms with E-state index in [1.807, 2.05) is 91.0 Å². The van der Waals surface area contributed by atoms with Crippen LogP contribution in [-0.2, 0) is 38.8 Å². The molecule has 0 aliphatic carbocycles. The number of rotatable bonds is 11. The fourth-order valence-electron chi connectivity index (χ4n) is 3.99. The number of hydrogen-bond donors (Lipinski definition) is 0. The highest BCUT2D eigenvalue weighted by atomic mass is 35.5. The highest BCUT2D eigenvalue weighted by Gasteiger charge is 2.46. The summed E-state index contributed by atoms with van der Waals surface area (Å²) in [5.41, 5.74) is 11.4. The standard InChI is InChI=1S/C27H28ClN3O4/c28-27-24(30-31-29)26(34-18-22-14-8-3-9-15-22)25(33-17-21-12-6-2-7-13-21)23(35-27)19-32-16-20-10-4-1-5-11-20/h1-15,23-27H,16-19H2/t23-,24-,25+,26-,27?/m1/s1. The Bertz CT molecular complexity index is 1070. The lowest BCUT2D eigenvalue weighted by atomic mass is 9.97. The van der Waals surface area contributed by atoms with E-state index in [0.29, 0.717) is 19.8 Å². The Kier molecular flexibility index (Phi) is 9.55. The van der Waals surface area contributed by atoms with E-state index >= 15 is 0 Å². The SMILES string of the molecule is [N-]=[N+]=N[C@H]1C(Cl)O[C@H](COCc2ccccc2)[C@H](OCc2ccccc2)[C@@H]1OCc1ccccc1. The average molecular weight is 494 g/mol. The first-order valence-electron chi connectivity index (χ1n) is 11.5. The molecule has 1 aliphatic heterocycles. The smallest absolute Gasteiger partial charge is 0.142 e. The molecular formula is C27H28ClN3O4. The first-order chi connectivity index (χ1) is 17.2. The second kappa shape index (κ2) is 13.3. The largest absolute Gasteiger partial charge is 0.374 e. The Hall–Kier alpha value is -2.90. The summed E-state index contributed by atoms with van der Waals surface area (Å²) in [4.78, 5) is 2.99. The second-order valence-electron chi connectivity index (χ2n) is 8.24. The zero-order valence-electron chi connectivity index (χ0n) is 19.2. The van der Waals surface area contributed by atoms with Crippen molar-refractivity contribution in [3.05, 3.63) is 118 Å². The molecule has 5 atom stereocenters. The van der Waals surface area contributed by atoms with Crippen molar-refractivity contribution in [2.45, 2.75) is 49.7 Å². The molecule has 1 unspecified atom stereocenters. The van der Waals surface area contributed by atoms with Gasteiger partial charge in [0.05, 0.1) is 32.5 Å². The van der Waals surface area contributed by atoms with E-state index in [9.17, 15) is 5.53 Å². The van der Waals surface area contributed by atoms with Gasteiger partial charge in [0.1, 0.15) is 23.8 Å². The molecule has 8 heteroatoms. The molecule has 1 heterocycles. The summed E-state index contributed by atoms with van der Waals surface area (Å²) in [7, 11) is 0. The van der Waals surface area contributed by atoms with Gasteiger partial charge in [0, 0.05) is 4.91 Å². The molecule has 0 amide bonds. The molecule has 0 radical (unpaired) electrons. The molecule has 0 aromatic heterocycles. The Morgan fingerprint density at radius 1 is 0.743 bits per heavy atom. The minimum Gasteiger partial charge on any atom is -0.374 e. The summed E-state index contributed by atoms with van der Waals surface area (Å²) in [6.07, 6.45) is -1.72. The van der Waals surface area contributed by atoms with Gasteiger partial charge in [-0.05, 0) is 22.2 Å². The first-order valence-corrected chi connectivity index (χ1v) is 11.9. The predicted molar refractivity (Wildman–Crippen MR) is 134 cm³/mol. The number of benzene rings is 3. The van der Waals surface area contributed by atoms with Gasteiger partial charge in [-0.15, -0.1) is 0 Å². The van der Waals surface area contributed by atoms with Crippen LogP contribution in [0.4, 0.5) is 0 Å². The van der Waals surface area contributed by atoms with Crippen molar-refractivity contribution in [2.75, 3.05) is 6.61 Å². The van der Waals surface area contributed by atoms with Gasteiger partial charge in [0.15, 0.2) is 0 Å². The van der Waals surface area contributed by atoms with Crippen LogP contribution in [0.5, 0.6) is 0 Å². The molecule has 3 aromatic rings. The van der Waals surface area contributed by atoms with Crippen LogP contribution in [0.2, 0.25) is 0 Å².